The average Bonchev–Trinajstić information content (AvgIpc) is 2.88. The lowest BCUT2D eigenvalue weighted by molar-refractivity contribution is -0.124. The van der Waals surface area contributed by atoms with Gasteiger partial charge >= 0.3 is 0 Å². The van der Waals surface area contributed by atoms with Crippen molar-refractivity contribution in [1.29, 1.82) is 0 Å². The Bertz CT molecular complexity index is 484. The van der Waals surface area contributed by atoms with Crippen molar-refractivity contribution in [3.63, 3.8) is 0 Å². The van der Waals surface area contributed by atoms with Gasteiger partial charge in [0.05, 0.1) is 23.8 Å². The predicted molar refractivity (Wildman–Crippen MR) is 77.1 cm³/mol. The Hall–Kier alpha value is -1.36. The van der Waals surface area contributed by atoms with Gasteiger partial charge in [0.2, 0.25) is 5.91 Å². The quantitative estimate of drug-likeness (QED) is 0.767. The molecular weight excluding hydrogens is 252 g/mol. The number of fused-ring (bicyclic) bond motifs is 1. The van der Waals surface area contributed by atoms with Gasteiger partial charge in [0, 0.05) is 19.0 Å². The zero-order chi connectivity index (χ0) is 14.2. The summed E-state index contributed by atoms with van der Waals surface area (Å²) in [5, 5.41) is 6.49. The second kappa shape index (κ2) is 5.20. The first-order chi connectivity index (χ1) is 9.53. The number of aromatic amines is 1. The minimum absolute atomic E-state index is 0.128. The highest BCUT2D eigenvalue weighted by Gasteiger charge is 2.30. The third kappa shape index (κ3) is 2.87. The van der Waals surface area contributed by atoms with Crippen LogP contribution in [0.2, 0.25) is 0 Å². The van der Waals surface area contributed by atoms with E-state index in [1.807, 2.05) is 0 Å². The maximum atomic E-state index is 12.3. The van der Waals surface area contributed by atoms with Gasteiger partial charge in [-0.25, -0.2) is 4.98 Å². The summed E-state index contributed by atoms with van der Waals surface area (Å²) in [6.07, 6.45) is 6.97. The lowest BCUT2D eigenvalue weighted by atomic mass is 9.75. The van der Waals surface area contributed by atoms with Gasteiger partial charge in [-0.1, -0.05) is 13.8 Å². The lowest BCUT2D eigenvalue weighted by Crippen LogP contribution is -2.51. The molecule has 5 nitrogen and oxygen atoms in total. The minimum atomic E-state index is -0.138. The maximum Gasteiger partial charge on any atom is 0.237 e. The second-order valence-corrected chi connectivity index (χ2v) is 6.91. The second-order valence-electron chi connectivity index (χ2n) is 6.91. The zero-order valence-electron chi connectivity index (χ0n) is 12.3. The number of amides is 1. The smallest absolute Gasteiger partial charge is 0.237 e. The third-order valence-electron chi connectivity index (χ3n) is 4.73. The van der Waals surface area contributed by atoms with Crippen LogP contribution >= 0.6 is 0 Å². The minimum Gasteiger partial charge on any atom is -0.352 e. The van der Waals surface area contributed by atoms with E-state index in [0.29, 0.717) is 24.4 Å². The molecule has 3 rings (SSSR count). The highest BCUT2D eigenvalue weighted by molar-refractivity contribution is 5.82. The number of hydrogen-bond acceptors (Lipinski definition) is 3. The highest BCUT2D eigenvalue weighted by atomic mass is 16.2. The number of carbonyl (C=O) groups excluding carboxylic acids is 1. The number of hydrogen-bond donors (Lipinski definition) is 3. The Morgan fingerprint density at radius 1 is 1.40 bits per heavy atom. The van der Waals surface area contributed by atoms with E-state index in [1.54, 1.807) is 6.33 Å². The van der Waals surface area contributed by atoms with E-state index in [-0.39, 0.29) is 11.9 Å². The number of aromatic nitrogens is 2. The van der Waals surface area contributed by atoms with Gasteiger partial charge < -0.3 is 10.3 Å². The molecule has 1 fully saturated rings. The SMILES string of the molecule is CC1(C)CCC(NC(=O)C2Cc3nc[nH]c3CN2)CC1. The first kappa shape index (κ1) is 13.6. The Kier molecular flexibility index (Phi) is 3.54. The predicted octanol–water partition coefficient (Wildman–Crippen LogP) is 1.51. The molecule has 2 aliphatic rings. The summed E-state index contributed by atoms with van der Waals surface area (Å²) in [5.74, 6) is 0.128. The summed E-state index contributed by atoms with van der Waals surface area (Å²) in [5.41, 5.74) is 2.57. The van der Waals surface area contributed by atoms with Crippen LogP contribution < -0.4 is 10.6 Å². The molecule has 1 aromatic heterocycles. The molecular formula is C15H24N4O. The van der Waals surface area contributed by atoms with E-state index in [2.05, 4.69) is 34.4 Å². The molecule has 2 heterocycles. The fraction of sp³-hybridized carbons (Fsp3) is 0.733. The van der Waals surface area contributed by atoms with Crippen molar-refractivity contribution in [3.8, 4) is 0 Å². The molecule has 1 aliphatic heterocycles. The maximum absolute atomic E-state index is 12.3. The van der Waals surface area contributed by atoms with Gasteiger partial charge in [0.1, 0.15) is 0 Å². The fourth-order valence-corrected chi connectivity index (χ4v) is 3.20. The molecule has 1 saturated carbocycles. The zero-order valence-corrected chi connectivity index (χ0v) is 12.3. The van der Waals surface area contributed by atoms with Crippen LogP contribution in [0.1, 0.15) is 50.9 Å². The van der Waals surface area contributed by atoms with Crippen LogP contribution in [0.4, 0.5) is 0 Å². The van der Waals surface area contributed by atoms with Crippen molar-refractivity contribution in [2.45, 2.75) is 64.6 Å². The molecule has 20 heavy (non-hydrogen) atoms. The number of imidazole rings is 1. The van der Waals surface area contributed by atoms with Crippen molar-refractivity contribution in [2.75, 3.05) is 0 Å². The van der Waals surface area contributed by atoms with Crippen LogP contribution in [-0.2, 0) is 17.8 Å². The summed E-state index contributed by atoms with van der Waals surface area (Å²) in [4.78, 5) is 19.7. The van der Waals surface area contributed by atoms with Gasteiger partial charge in [0.15, 0.2) is 0 Å². The highest BCUT2D eigenvalue weighted by Crippen LogP contribution is 2.35. The Morgan fingerprint density at radius 3 is 2.90 bits per heavy atom. The van der Waals surface area contributed by atoms with E-state index in [9.17, 15) is 4.79 Å². The normalized spacial score (nSPS) is 26.0. The first-order valence-electron chi connectivity index (χ1n) is 7.58. The number of H-pyrrole nitrogens is 1. The van der Waals surface area contributed by atoms with Gasteiger partial charge in [-0.05, 0) is 31.1 Å². The molecule has 0 saturated heterocycles. The van der Waals surface area contributed by atoms with Crippen molar-refractivity contribution in [3.05, 3.63) is 17.7 Å². The summed E-state index contributed by atoms with van der Waals surface area (Å²) < 4.78 is 0. The van der Waals surface area contributed by atoms with Crippen LogP contribution in [0.3, 0.4) is 0 Å². The number of rotatable bonds is 2. The van der Waals surface area contributed by atoms with Crippen LogP contribution in [0.5, 0.6) is 0 Å². The largest absolute Gasteiger partial charge is 0.352 e. The summed E-state index contributed by atoms with van der Waals surface area (Å²) in [6, 6.07) is 0.207. The Morgan fingerprint density at radius 2 is 2.15 bits per heavy atom. The van der Waals surface area contributed by atoms with Crippen LogP contribution in [-0.4, -0.2) is 28.0 Å². The van der Waals surface area contributed by atoms with Gasteiger partial charge in [-0.2, -0.15) is 0 Å². The van der Waals surface area contributed by atoms with Crippen molar-refractivity contribution in [2.24, 2.45) is 5.41 Å². The number of carbonyl (C=O) groups is 1. The monoisotopic (exact) mass is 276 g/mol. The summed E-state index contributed by atoms with van der Waals surface area (Å²) in [7, 11) is 0. The Balaban J connectivity index is 1.53. The molecule has 1 aromatic rings. The summed E-state index contributed by atoms with van der Waals surface area (Å²) >= 11 is 0. The molecule has 0 bridgehead atoms. The molecule has 1 aliphatic carbocycles. The molecule has 3 N–H and O–H groups in total. The van der Waals surface area contributed by atoms with Gasteiger partial charge in [0.25, 0.3) is 0 Å². The average molecular weight is 276 g/mol. The molecule has 0 aromatic carbocycles. The Labute approximate surface area is 119 Å². The standard InChI is InChI=1S/C15H24N4O/c1-15(2)5-3-10(4-6-15)19-14(20)12-7-11-13(8-16-12)18-9-17-11/h9-10,12,16H,3-8H2,1-2H3,(H,17,18)(H,19,20). The molecule has 0 spiro atoms. The first-order valence-corrected chi connectivity index (χ1v) is 7.58. The molecule has 5 heteroatoms. The molecule has 0 radical (unpaired) electrons. The van der Waals surface area contributed by atoms with E-state index < -0.39 is 0 Å². The van der Waals surface area contributed by atoms with E-state index in [0.717, 1.165) is 24.2 Å². The van der Waals surface area contributed by atoms with Crippen molar-refractivity contribution >= 4 is 5.91 Å². The lowest BCUT2D eigenvalue weighted by Gasteiger charge is -2.35. The molecule has 1 amide bonds. The molecule has 110 valence electrons. The fourth-order valence-electron chi connectivity index (χ4n) is 3.20. The topological polar surface area (TPSA) is 69.8 Å². The number of nitrogens with zero attached hydrogens (tertiary/aromatic N) is 1. The van der Waals surface area contributed by atoms with Gasteiger partial charge in [-0.3, -0.25) is 10.1 Å². The van der Waals surface area contributed by atoms with E-state index in [1.165, 1.54) is 12.8 Å². The summed E-state index contributed by atoms with van der Waals surface area (Å²) in [6.45, 7) is 5.32. The van der Waals surface area contributed by atoms with Crippen LogP contribution in [0, 0.1) is 5.41 Å². The molecule has 1 unspecified atom stereocenters. The van der Waals surface area contributed by atoms with Gasteiger partial charge in [-0.15, -0.1) is 0 Å². The number of nitrogens with one attached hydrogen (secondary N) is 3. The van der Waals surface area contributed by atoms with Crippen LogP contribution in [0.25, 0.3) is 0 Å². The van der Waals surface area contributed by atoms with E-state index >= 15 is 0 Å². The van der Waals surface area contributed by atoms with Crippen LogP contribution in [0.15, 0.2) is 6.33 Å². The van der Waals surface area contributed by atoms with Crippen molar-refractivity contribution < 1.29 is 4.79 Å². The third-order valence-corrected chi connectivity index (χ3v) is 4.73. The van der Waals surface area contributed by atoms with E-state index in [4.69, 9.17) is 0 Å². The van der Waals surface area contributed by atoms with Crippen molar-refractivity contribution in [1.82, 2.24) is 20.6 Å². The molecule has 1 atom stereocenters.